The van der Waals surface area contributed by atoms with Crippen molar-refractivity contribution in [2.24, 2.45) is 0 Å². The van der Waals surface area contributed by atoms with Crippen LogP contribution in [0.3, 0.4) is 0 Å². The highest BCUT2D eigenvalue weighted by molar-refractivity contribution is 5.91. The number of aromatic nitrogens is 2. The highest BCUT2D eigenvalue weighted by atomic mass is 16.5. The van der Waals surface area contributed by atoms with E-state index in [1.165, 1.54) is 6.08 Å². The number of fused-ring (bicyclic) bond motifs is 1. The fraction of sp³-hybridized carbons (Fsp3) is 0.238. The van der Waals surface area contributed by atoms with Crippen LogP contribution in [0.2, 0.25) is 0 Å². The van der Waals surface area contributed by atoms with Gasteiger partial charge in [0, 0.05) is 18.0 Å². The van der Waals surface area contributed by atoms with Crippen LogP contribution < -0.4 is 10.1 Å². The third-order valence-corrected chi connectivity index (χ3v) is 3.85. The van der Waals surface area contributed by atoms with Crippen LogP contribution in [-0.2, 0) is 11.3 Å². The molecule has 26 heavy (non-hydrogen) atoms. The number of pyridine rings is 1. The molecule has 134 valence electrons. The molecule has 3 aromatic rings. The van der Waals surface area contributed by atoms with E-state index in [1.54, 1.807) is 6.08 Å². The molecule has 2 aromatic heterocycles. The van der Waals surface area contributed by atoms with E-state index >= 15 is 0 Å². The zero-order valence-corrected chi connectivity index (χ0v) is 15.3. The molecule has 0 unspecified atom stereocenters. The molecule has 5 heteroatoms. The highest BCUT2D eigenvalue weighted by Gasteiger charge is 2.04. The highest BCUT2D eigenvalue weighted by Crippen LogP contribution is 2.16. The number of amides is 1. The smallest absolute Gasteiger partial charge is 0.244 e. The molecule has 0 saturated heterocycles. The molecular weight excluding hydrogens is 326 g/mol. The standard InChI is InChI=1S/C21H23N3O2/c1-15(2)26-19-8-5-7-17(12-19)10-11-21(25)22-13-18-14-24-16(3)6-4-9-20(24)23-18/h4-12,14-15H,13H2,1-3H3,(H,22,25)/b11-10+. The predicted molar refractivity (Wildman–Crippen MR) is 103 cm³/mol. The maximum absolute atomic E-state index is 12.1. The molecule has 0 atom stereocenters. The number of carbonyl (C=O) groups excluding carboxylic acids is 1. The lowest BCUT2D eigenvalue weighted by Crippen LogP contribution is -2.20. The minimum absolute atomic E-state index is 0.117. The number of imidazole rings is 1. The van der Waals surface area contributed by atoms with Gasteiger partial charge < -0.3 is 14.5 Å². The van der Waals surface area contributed by atoms with Crippen molar-refractivity contribution in [1.82, 2.24) is 14.7 Å². The van der Waals surface area contributed by atoms with Crippen LogP contribution in [0.4, 0.5) is 0 Å². The molecule has 3 rings (SSSR count). The first kappa shape index (κ1) is 17.7. The van der Waals surface area contributed by atoms with E-state index in [0.29, 0.717) is 6.54 Å². The molecule has 0 aliphatic heterocycles. The second-order valence-corrected chi connectivity index (χ2v) is 6.42. The Balaban J connectivity index is 1.59. The Morgan fingerprint density at radius 3 is 2.85 bits per heavy atom. The molecule has 1 N–H and O–H groups in total. The van der Waals surface area contributed by atoms with Crippen LogP contribution in [0.5, 0.6) is 5.75 Å². The summed E-state index contributed by atoms with van der Waals surface area (Å²) >= 11 is 0. The Labute approximate surface area is 153 Å². The van der Waals surface area contributed by atoms with Crippen LogP contribution in [0.25, 0.3) is 11.7 Å². The SMILES string of the molecule is Cc1cccc2nc(CNC(=O)/C=C/c3cccc(OC(C)C)c3)cn12. The first-order valence-corrected chi connectivity index (χ1v) is 8.67. The molecule has 5 nitrogen and oxygen atoms in total. The van der Waals surface area contributed by atoms with Crippen molar-refractivity contribution in [1.29, 1.82) is 0 Å². The van der Waals surface area contributed by atoms with E-state index < -0.39 is 0 Å². The van der Waals surface area contributed by atoms with Crippen LogP contribution >= 0.6 is 0 Å². The normalized spacial score (nSPS) is 11.4. The fourth-order valence-electron chi connectivity index (χ4n) is 2.66. The summed E-state index contributed by atoms with van der Waals surface area (Å²) in [5.74, 6) is 0.636. The summed E-state index contributed by atoms with van der Waals surface area (Å²) in [6.45, 7) is 6.38. The molecule has 0 saturated carbocycles. The Morgan fingerprint density at radius 1 is 1.27 bits per heavy atom. The van der Waals surface area contributed by atoms with Crippen molar-refractivity contribution in [2.45, 2.75) is 33.4 Å². The van der Waals surface area contributed by atoms with Gasteiger partial charge in [0.15, 0.2) is 0 Å². The van der Waals surface area contributed by atoms with Crippen molar-refractivity contribution in [3.8, 4) is 5.75 Å². The topological polar surface area (TPSA) is 55.6 Å². The largest absolute Gasteiger partial charge is 0.491 e. The van der Waals surface area contributed by atoms with Gasteiger partial charge in [-0.2, -0.15) is 0 Å². The van der Waals surface area contributed by atoms with Crippen molar-refractivity contribution in [3.63, 3.8) is 0 Å². The first-order valence-electron chi connectivity index (χ1n) is 8.67. The van der Waals surface area contributed by atoms with Gasteiger partial charge in [-0.15, -0.1) is 0 Å². The Bertz CT molecular complexity index is 941. The number of aryl methyl sites for hydroxylation is 1. The number of hydrogen-bond acceptors (Lipinski definition) is 3. The minimum Gasteiger partial charge on any atom is -0.491 e. The number of hydrogen-bond donors (Lipinski definition) is 1. The molecule has 1 aromatic carbocycles. The van der Waals surface area contributed by atoms with Crippen molar-refractivity contribution < 1.29 is 9.53 Å². The maximum atomic E-state index is 12.1. The van der Waals surface area contributed by atoms with Gasteiger partial charge in [0.25, 0.3) is 0 Å². The van der Waals surface area contributed by atoms with Crippen molar-refractivity contribution >= 4 is 17.6 Å². The molecule has 0 aliphatic rings. The Kier molecular flexibility index (Phi) is 5.37. The lowest BCUT2D eigenvalue weighted by molar-refractivity contribution is -0.116. The van der Waals surface area contributed by atoms with Crippen LogP contribution in [0.1, 0.15) is 30.8 Å². The van der Waals surface area contributed by atoms with E-state index in [4.69, 9.17) is 4.74 Å². The van der Waals surface area contributed by atoms with Crippen LogP contribution in [0, 0.1) is 6.92 Å². The number of nitrogens with one attached hydrogen (secondary N) is 1. The summed E-state index contributed by atoms with van der Waals surface area (Å²) < 4.78 is 7.67. The molecule has 2 heterocycles. The molecular formula is C21H23N3O2. The second kappa shape index (κ2) is 7.87. The quantitative estimate of drug-likeness (QED) is 0.690. The monoisotopic (exact) mass is 349 g/mol. The van der Waals surface area contributed by atoms with E-state index in [9.17, 15) is 4.79 Å². The number of benzene rings is 1. The number of rotatable bonds is 6. The molecule has 0 bridgehead atoms. The first-order chi connectivity index (χ1) is 12.5. The third kappa shape index (κ3) is 4.51. The summed E-state index contributed by atoms with van der Waals surface area (Å²) in [5, 5.41) is 2.86. The lowest BCUT2D eigenvalue weighted by Gasteiger charge is -2.09. The summed E-state index contributed by atoms with van der Waals surface area (Å²) in [7, 11) is 0. The van der Waals surface area contributed by atoms with Crippen molar-refractivity contribution in [3.05, 3.63) is 71.7 Å². The molecule has 0 aliphatic carbocycles. The van der Waals surface area contributed by atoms with Gasteiger partial charge in [-0.3, -0.25) is 4.79 Å². The number of nitrogens with zero attached hydrogens (tertiary/aromatic N) is 2. The van der Waals surface area contributed by atoms with Crippen LogP contribution in [0.15, 0.2) is 54.7 Å². The van der Waals surface area contributed by atoms with E-state index in [0.717, 1.165) is 28.3 Å². The minimum atomic E-state index is -0.158. The lowest BCUT2D eigenvalue weighted by atomic mass is 10.2. The van der Waals surface area contributed by atoms with Gasteiger partial charge in [-0.05, 0) is 56.7 Å². The molecule has 1 amide bonds. The van der Waals surface area contributed by atoms with Crippen molar-refractivity contribution in [2.75, 3.05) is 0 Å². The molecule has 0 spiro atoms. The zero-order chi connectivity index (χ0) is 18.5. The van der Waals surface area contributed by atoms with Gasteiger partial charge in [0.2, 0.25) is 5.91 Å². The zero-order valence-electron chi connectivity index (χ0n) is 15.3. The summed E-state index contributed by atoms with van der Waals surface area (Å²) in [4.78, 5) is 16.6. The van der Waals surface area contributed by atoms with Gasteiger partial charge in [-0.1, -0.05) is 18.2 Å². The second-order valence-electron chi connectivity index (χ2n) is 6.42. The summed E-state index contributed by atoms with van der Waals surface area (Å²) in [6, 6.07) is 13.6. The molecule has 0 radical (unpaired) electrons. The van der Waals surface area contributed by atoms with E-state index in [1.807, 2.05) is 73.8 Å². The summed E-state index contributed by atoms with van der Waals surface area (Å²) in [5.41, 5.74) is 3.73. The predicted octanol–water partition coefficient (Wildman–Crippen LogP) is 3.76. The average molecular weight is 349 g/mol. The van der Waals surface area contributed by atoms with Gasteiger partial charge >= 0.3 is 0 Å². The van der Waals surface area contributed by atoms with Gasteiger partial charge in [0.05, 0.1) is 18.3 Å². The third-order valence-electron chi connectivity index (χ3n) is 3.85. The number of carbonyl (C=O) groups is 1. The van der Waals surface area contributed by atoms with Gasteiger partial charge in [0.1, 0.15) is 11.4 Å². The van der Waals surface area contributed by atoms with Gasteiger partial charge in [-0.25, -0.2) is 4.98 Å². The maximum Gasteiger partial charge on any atom is 0.244 e. The number of ether oxygens (including phenoxy) is 1. The Morgan fingerprint density at radius 2 is 2.08 bits per heavy atom. The van der Waals surface area contributed by atoms with Crippen LogP contribution in [-0.4, -0.2) is 21.4 Å². The van der Waals surface area contributed by atoms with E-state index in [2.05, 4.69) is 10.3 Å². The average Bonchev–Trinajstić information content (AvgIpc) is 3.02. The molecule has 0 fully saturated rings. The fourth-order valence-corrected chi connectivity index (χ4v) is 2.66. The Hall–Kier alpha value is -3.08. The summed E-state index contributed by atoms with van der Waals surface area (Å²) in [6.07, 6.45) is 5.36. The van der Waals surface area contributed by atoms with E-state index in [-0.39, 0.29) is 12.0 Å².